The number of hydrogen-bond acceptors (Lipinski definition) is 6. The maximum Gasteiger partial charge on any atom is 0.217 e. The highest BCUT2D eigenvalue weighted by molar-refractivity contribution is 7.90. The van der Waals surface area contributed by atoms with Gasteiger partial charge in [0.25, 0.3) is 0 Å². The van der Waals surface area contributed by atoms with Crippen LogP contribution in [0.2, 0.25) is 5.02 Å². The molecule has 7 rings (SSSR count). The number of sulfonamides is 1. The van der Waals surface area contributed by atoms with Gasteiger partial charge in [0.05, 0.1) is 23.6 Å². The zero-order valence-electron chi connectivity index (χ0n) is 25.8. The minimum Gasteiger partial charge on any atom is -0.490 e. The Kier molecular flexibility index (Phi) is 8.28. The zero-order valence-corrected chi connectivity index (χ0v) is 27.3. The van der Waals surface area contributed by atoms with Gasteiger partial charge in [-0.3, -0.25) is 0 Å². The first-order chi connectivity index (χ1) is 21.2. The van der Waals surface area contributed by atoms with Gasteiger partial charge in [0.15, 0.2) is 0 Å². The van der Waals surface area contributed by atoms with Crippen molar-refractivity contribution in [3.05, 3.63) is 70.3 Å². The summed E-state index contributed by atoms with van der Waals surface area (Å²) in [7, 11) is -2.00. The van der Waals surface area contributed by atoms with Gasteiger partial charge in [-0.25, -0.2) is 8.42 Å². The average molecular weight is 641 g/mol. The molecule has 238 valence electrons. The van der Waals surface area contributed by atoms with Gasteiger partial charge in [-0.2, -0.15) is 4.72 Å². The summed E-state index contributed by atoms with van der Waals surface area (Å²) < 4.78 is 42.8. The molecule has 1 unspecified atom stereocenters. The molecule has 2 aromatic rings. The van der Waals surface area contributed by atoms with Crippen LogP contribution in [0.5, 0.6) is 5.75 Å². The smallest absolute Gasteiger partial charge is 0.217 e. The van der Waals surface area contributed by atoms with E-state index in [1.165, 1.54) is 11.1 Å². The number of allylic oxidation sites excluding steroid dienone is 1. The van der Waals surface area contributed by atoms with Crippen LogP contribution in [0.1, 0.15) is 74.8 Å². The monoisotopic (exact) mass is 640 g/mol. The van der Waals surface area contributed by atoms with Crippen LogP contribution in [0.25, 0.3) is 0 Å². The number of aliphatic hydroxyl groups excluding tert-OH is 1. The normalized spacial score (nSPS) is 35.9. The summed E-state index contributed by atoms with van der Waals surface area (Å²) in [6.45, 7) is 4.18. The third kappa shape index (κ3) is 5.70. The quantitative estimate of drug-likeness (QED) is 0.384. The van der Waals surface area contributed by atoms with Gasteiger partial charge < -0.3 is 19.5 Å². The predicted molar refractivity (Wildman–Crippen MR) is 174 cm³/mol. The lowest BCUT2D eigenvalue weighted by Gasteiger charge is -2.46. The number of nitrogens with zero attached hydrogens (tertiary/aromatic N) is 1. The number of ether oxygens (including phenoxy) is 2. The maximum absolute atomic E-state index is 13.7. The Morgan fingerprint density at radius 2 is 1.93 bits per heavy atom. The molecule has 2 saturated carbocycles. The Morgan fingerprint density at radius 1 is 1.11 bits per heavy atom. The number of halogens is 1. The Balaban J connectivity index is 1.30. The Hall–Kier alpha value is -2.10. The fourth-order valence-electron chi connectivity index (χ4n) is 8.55. The number of benzene rings is 2. The van der Waals surface area contributed by atoms with E-state index in [2.05, 4.69) is 33.9 Å². The van der Waals surface area contributed by atoms with Crippen LogP contribution in [-0.2, 0) is 26.6 Å². The van der Waals surface area contributed by atoms with Crippen LogP contribution in [0.15, 0.2) is 48.6 Å². The first kappa shape index (κ1) is 30.5. The van der Waals surface area contributed by atoms with E-state index >= 15 is 0 Å². The second-order valence-corrected chi connectivity index (χ2v) is 16.3. The molecule has 3 aliphatic carbocycles. The van der Waals surface area contributed by atoms with Crippen molar-refractivity contribution in [1.29, 1.82) is 0 Å². The molecule has 1 spiro atoms. The molecule has 2 fully saturated rings. The first-order valence-electron chi connectivity index (χ1n) is 16.4. The van der Waals surface area contributed by atoms with E-state index in [1.54, 1.807) is 13.2 Å². The van der Waals surface area contributed by atoms with E-state index in [0.717, 1.165) is 74.5 Å². The van der Waals surface area contributed by atoms with Crippen molar-refractivity contribution in [2.24, 2.45) is 23.7 Å². The molecule has 0 saturated heterocycles. The molecule has 0 aromatic heterocycles. The van der Waals surface area contributed by atoms with Crippen LogP contribution in [0.4, 0.5) is 5.69 Å². The van der Waals surface area contributed by atoms with Gasteiger partial charge in [-0.05, 0) is 116 Å². The molecule has 5 aliphatic rings. The second-order valence-electron chi connectivity index (χ2n) is 14.0. The van der Waals surface area contributed by atoms with Crippen LogP contribution in [0.3, 0.4) is 0 Å². The highest BCUT2D eigenvalue weighted by Gasteiger charge is 2.46. The van der Waals surface area contributed by atoms with Crippen molar-refractivity contribution < 1.29 is 23.0 Å². The lowest BCUT2D eigenvalue weighted by Crippen LogP contribution is -2.49. The molecular weight excluding hydrogens is 596 g/mol. The summed E-state index contributed by atoms with van der Waals surface area (Å²) in [5.41, 5.74) is 3.84. The van der Waals surface area contributed by atoms with Crippen LogP contribution < -0.4 is 14.4 Å². The van der Waals surface area contributed by atoms with Crippen LogP contribution in [-0.4, -0.2) is 51.7 Å². The summed E-state index contributed by atoms with van der Waals surface area (Å²) in [6, 6.07) is 11.9. The van der Waals surface area contributed by atoms with E-state index in [4.69, 9.17) is 21.1 Å². The second kappa shape index (κ2) is 11.9. The highest BCUT2D eigenvalue weighted by atomic mass is 35.5. The van der Waals surface area contributed by atoms with Crippen LogP contribution >= 0.6 is 11.6 Å². The van der Waals surface area contributed by atoms with E-state index < -0.39 is 21.5 Å². The SMILES string of the molecule is CO[C@H]1/C=C/C[C@@H](C)[C@H](C2CC2)S(=O)(=O)NC(O)c2ccc3c(c2)N(C[C@@H]2CC[C@H]21)C[C@@]1(CCCc2cc(Cl)ccc21)CO3. The Bertz CT molecular complexity index is 1530. The van der Waals surface area contributed by atoms with Crippen molar-refractivity contribution in [3.63, 3.8) is 0 Å². The number of nitrogens with one attached hydrogen (secondary N) is 1. The molecule has 2 aromatic carbocycles. The van der Waals surface area contributed by atoms with E-state index in [-0.39, 0.29) is 23.4 Å². The van der Waals surface area contributed by atoms with E-state index in [1.807, 2.05) is 25.1 Å². The first-order valence-corrected chi connectivity index (χ1v) is 18.3. The molecule has 2 aliphatic heterocycles. The predicted octanol–water partition coefficient (Wildman–Crippen LogP) is 6.14. The molecule has 2 heterocycles. The number of aliphatic hydroxyl groups is 1. The van der Waals surface area contributed by atoms with Gasteiger partial charge in [0.2, 0.25) is 10.0 Å². The lowest BCUT2D eigenvalue weighted by molar-refractivity contribution is 0.0131. The van der Waals surface area contributed by atoms with Crippen molar-refractivity contribution in [2.75, 3.05) is 31.7 Å². The van der Waals surface area contributed by atoms with Gasteiger partial charge in [0.1, 0.15) is 12.0 Å². The van der Waals surface area contributed by atoms with E-state index in [9.17, 15) is 13.5 Å². The third-order valence-corrected chi connectivity index (χ3v) is 13.5. The number of rotatable bonds is 2. The Labute approximate surface area is 267 Å². The van der Waals surface area contributed by atoms with Crippen LogP contribution in [0, 0.1) is 23.7 Å². The summed E-state index contributed by atoms with van der Waals surface area (Å²) in [5.74, 6) is 1.64. The molecule has 9 heteroatoms. The molecular formula is C35H45ClN2O5S. The van der Waals surface area contributed by atoms with Gasteiger partial charge >= 0.3 is 0 Å². The summed E-state index contributed by atoms with van der Waals surface area (Å²) >= 11 is 6.43. The fourth-order valence-corrected chi connectivity index (χ4v) is 10.8. The van der Waals surface area contributed by atoms with Crippen molar-refractivity contribution in [3.8, 4) is 5.75 Å². The molecule has 7 atom stereocenters. The molecule has 7 nitrogen and oxygen atoms in total. The average Bonchev–Trinajstić information content (AvgIpc) is 3.82. The maximum atomic E-state index is 13.7. The van der Waals surface area contributed by atoms with Gasteiger partial charge in [0, 0.05) is 30.6 Å². The topological polar surface area (TPSA) is 88.1 Å². The molecule has 2 N–H and O–H groups in total. The number of anilines is 1. The molecule has 2 bridgehead atoms. The molecule has 44 heavy (non-hydrogen) atoms. The zero-order chi connectivity index (χ0) is 30.6. The molecule has 0 radical (unpaired) electrons. The third-order valence-electron chi connectivity index (χ3n) is 11.1. The van der Waals surface area contributed by atoms with E-state index in [0.29, 0.717) is 30.4 Å². The molecule has 0 amide bonds. The Morgan fingerprint density at radius 3 is 2.68 bits per heavy atom. The number of hydrogen-bond donors (Lipinski definition) is 2. The standard InChI is InChI=1S/C35H45ClN2O5S/c1-22-5-3-7-31(42-2)28-13-10-26(28)19-38-20-35(16-4-6-24-17-27(36)12-14-29(24)35)21-43-32-15-11-25(18-30(32)38)34(39)37-44(40,41)33(22)23-8-9-23/h3,7,11-12,14-15,17-18,22-23,26,28,31,33-34,37,39H,4-6,8-10,13,16,19-21H2,1-2H3/b7-3+/t22-,26+,28-,31+,33-,34?,35+/m1/s1. The lowest BCUT2D eigenvalue weighted by atomic mass is 9.68. The van der Waals surface area contributed by atoms with Gasteiger partial charge in [-0.1, -0.05) is 42.8 Å². The van der Waals surface area contributed by atoms with Crippen molar-refractivity contribution in [2.45, 2.75) is 81.3 Å². The summed E-state index contributed by atoms with van der Waals surface area (Å²) in [5, 5.41) is 11.6. The largest absolute Gasteiger partial charge is 0.490 e. The fraction of sp³-hybridized carbons (Fsp3) is 0.600. The van der Waals surface area contributed by atoms with Crippen molar-refractivity contribution in [1.82, 2.24) is 4.72 Å². The number of fused-ring (bicyclic) bond motifs is 4. The summed E-state index contributed by atoms with van der Waals surface area (Å²) in [4.78, 5) is 2.45. The van der Waals surface area contributed by atoms with Crippen molar-refractivity contribution >= 4 is 27.3 Å². The number of methoxy groups -OCH3 is 1. The minimum absolute atomic E-state index is 0.00896. The minimum atomic E-state index is -3.78. The number of aryl methyl sites for hydroxylation is 1. The summed E-state index contributed by atoms with van der Waals surface area (Å²) in [6.07, 6.45) is 10.7. The van der Waals surface area contributed by atoms with Gasteiger partial charge in [-0.15, -0.1) is 0 Å². The highest BCUT2D eigenvalue weighted by Crippen LogP contribution is 2.47.